The van der Waals surface area contributed by atoms with Gasteiger partial charge in [0.05, 0.1) is 15.7 Å². The van der Waals surface area contributed by atoms with Gasteiger partial charge in [-0.3, -0.25) is 14.6 Å². The van der Waals surface area contributed by atoms with Gasteiger partial charge in [0.2, 0.25) is 11.8 Å². The molecule has 1 aliphatic heterocycles. The Morgan fingerprint density at radius 3 is 2.73 bits per heavy atom. The zero-order valence-electron chi connectivity index (χ0n) is 17.5. The summed E-state index contributed by atoms with van der Waals surface area (Å²) in [4.78, 5) is 30.8. The zero-order chi connectivity index (χ0) is 21.5. The molecule has 7 heteroatoms. The molecule has 0 saturated heterocycles. The summed E-state index contributed by atoms with van der Waals surface area (Å²) in [5.74, 6) is -1.53. The summed E-state index contributed by atoms with van der Waals surface area (Å²) < 4.78 is 0. The first-order valence-corrected chi connectivity index (χ1v) is 10.6. The van der Waals surface area contributed by atoms with Crippen LogP contribution in [0.4, 0.5) is 5.69 Å². The summed E-state index contributed by atoms with van der Waals surface area (Å²) in [5.41, 5.74) is 3.01. The van der Waals surface area contributed by atoms with Gasteiger partial charge in [0.1, 0.15) is 0 Å². The van der Waals surface area contributed by atoms with Gasteiger partial charge in [-0.1, -0.05) is 30.7 Å². The molecule has 2 heterocycles. The van der Waals surface area contributed by atoms with E-state index >= 15 is 0 Å². The van der Waals surface area contributed by atoms with Crippen molar-refractivity contribution in [2.24, 2.45) is 0 Å². The van der Waals surface area contributed by atoms with Gasteiger partial charge < -0.3 is 10.2 Å². The van der Waals surface area contributed by atoms with E-state index in [4.69, 9.17) is 15.7 Å². The molecule has 1 unspecified atom stereocenters. The van der Waals surface area contributed by atoms with E-state index in [-0.39, 0.29) is 17.9 Å². The average molecular weight is 399 g/mol. The van der Waals surface area contributed by atoms with Crippen molar-refractivity contribution in [2.75, 3.05) is 11.4 Å². The molecule has 0 saturated carbocycles. The van der Waals surface area contributed by atoms with Crippen LogP contribution in [0.15, 0.2) is 48.8 Å². The number of benzene rings is 1. The maximum atomic E-state index is 12.7. The van der Waals surface area contributed by atoms with Gasteiger partial charge in [-0.05, 0) is 61.1 Å². The lowest BCUT2D eigenvalue weighted by Gasteiger charge is -2.23. The molecule has 3 atom stereocenters. The van der Waals surface area contributed by atoms with Gasteiger partial charge in [-0.2, -0.15) is 0 Å². The van der Waals surface area contributed by atoms with Crippen molar-refractivity contribution < 1.29 is 9.59 Å². The molecule has 3 rings (SSSR count). The number of carbonyl (C=O) groups is 2. The number of hydrogen-bond acceptors (Lipinski definition) is 3. The molecule has 1 N–H and O–H groups in total. The first-order chi connectivity index (χ1) is 14.5. The molecule has 0 bridgehead atoms. The lowest BCUT2D eigenvalue weighted by atomic mass is 9.63. The molecule has 0 spiro atoms. The number of para-hydroxylation sites is 1. The van der Waals surface area contributed by atoms with Crippen LogP contribution < -0.4 is 10.2 Å². The lowest BCUT2D eigenvalue weighted by molar-refractivity contribution is -0.121. The highest BCUT2D eigenvalue weighted by atomic mass is 16.2. The van der Waals surface area contributed by atoms with Crippen molar-refractivity contribution in [3.8, 4) is 0 Å². The van der Waals surface area contributed by atoms with Crippen LogP contribution in [0.1, 0.15) is 49.6 Å². The summed E-state index contributed by atoms with van der Waals surface area (Å²) >= 11 is 0. The van der Waals surface area contributed by atoms with E-state index in [9.17, 15) is 9.59 Å². The second-order valence-corrected chi connectivity index (χ2v) is 7.89. The van der Waals surface area contributed by atoms with Crippen LogP contribution in [0.5, 0.6) is 0 Å². The van der Waals surface area contributed by atoms with Gasteiger partial charge >= 0.3 is 0 Å². The minimum absolute atomic E-state index is 0.168. The maximum Gasteiger partial charge on any atom is 0.227 e. The highest BCUT2D eigenvalue weighted by Gasteiger charge is 2.29. The third kappa shape index (κ3) is 5.32. The molecule has 2 amide bonds. The van der Waals surface area contributed by atoms with E-state index < -0.39 is 11.6 Å². The zero-order valence-corrected chi connectivity index (χ0v) is 17.5. The molecular formula is C23H27B2N3O2. The monoisotopic (exact) mass is 399 g/mol. The largest absolute Gasteiger partial charge is 0.357 e. The molecular weight excluding hydrogens is 372 g/mol. The molecule has 5 nitrogen and oxygen atoms in total. The van der Waals surface area contributed by atoms with Crippen molar-refractivity contribution in [2.45, 2.75) is 56.7 Å². The van der Waals surface area contributed by atoms with E-state index in [1.165, 1.54) is 5.56 Å². The topological polar surface area (TPSA) is 62.3 Å². The number of aromatic nitrogens is 1. The van der Waals surface area contributed by atoms with E-state index in [0.717, 1.165) is 36.9 Å². The maximum absolute atomic E-state index is 12.7. The van der Waals surface area contributed by atoms with Gasteiger partial charge in [0.25, 0.3) is 0 Å². The number of rotatable bonds is 9. The molecule has 30 heavy (non-hydrogen) atoms. The predicted octanol–water partition coefficient (Wildman–Crippen LogP) is 2.90. The fourth-order valence-corrected chi connectivity index (χ4v) is 3.92. The van der Waals surface area contributed by atoms with Crippen molar-refractivity contribution in [1.82, 2.24) is 10.3 Å². The van der Waals surface area contributed by atoms with Crippen LogP contribution in [0, 0.1) is 0 Å². The Morgan fingerprint density at radius 2 is 1.97 bits per heavy atom. The van der Waals surface area contributed by atoms with Crippen molar-refractivity contribution in [3.05, 3.63) is 59.9 Å². The van der Waals surface area contributed by atoms with Crippen molar-refractivity contribution in [1.29, 1.82) is 0 Å². The predicted molar refractivity (Wildman–Crippen MR) is 121 cm³/mol. The molecule has 1 aromatic heterocycles. The van der Waals surface area contributed by atoms with Crippen molar-refractivity contribution in [3.63, 3.8) is 0 Å². The van der Waals surface area contributed by atoms with Crippen molar-refractivity contribution >= 4 is 33.2 Å². The fraction of sp³-hybridized carbons (Fsp3) is 0.435. The minimum atomic E-state index is -0.826. The molecule has 2 aromatic rings. The van der Waals surface area contributed by atoms with Gasteiger partial charge in [0, 0.05) is 37.1 Å². The third-order valence-corrected chi connectivity index (χ3v) is 5.60. The number of hydrogen-bond donors (Lipinski definition) is 1. The minimum Gasteiger partial charge on any atom is -0.357 e. The molecule has 152 valence electrons. The van der Waals surface area contributed by atoms with E-state index in [1.54, 1.807) is 24.5 Å². The summed E-state index contributed by atoms with van der Waals surface area (Å²) in [6.07, 6.45) is 7.14. The third-order valence-electron chi connectivity index (χ3n) is 5.60. The Hall–Kier alpha value is -2.56. The average Bonchev–Trinajstić information content (AvgIpc) is 3.11. The van der Waals surface area contributed by atoms with Crippen LogP contribution in [0.2, 0.25) is 5.82 Å². The second-order valence-electron chi connectivity index (χ2n) is 7.89. The Balaban J connectivity index is 1.35. The van der Waals surface area contributed by atoms with E-state index in [1.807, 2.05) is 23.1 Å². The number of unbranched alkanes of at least 4 members (excludes halogenated alkanes) is 2. The molecule has 0 aliphatic carbocycles. The Morgan fingerprint density at radius 1 is 1.17 bits per heavy atom. The van der Waals surface area contributed by atoms with Crippen LogP contribution in [-0.2, 0) is 16.0 Å². The Bertz CT molecular complexity index is 863. The Labute approximate surface area is 181 Å². The summed E-state index contributed by atoms with van der Waals surface area (Å²) in [6.45, 7) is 2.61. The quantitative estimate of drug-likeness (QED) is 0.521. The second kappa shape index (κ2) is 10.5. The van der Waals surface area contributed by atoms with Gasteiger partial charge in [0.15, 0.2) is 0 Å². The number of amides is 2. The number of anilines is 1. The highest BCUT2D eigenvalue weighted by Crippen LogP contribution is 2.32. The summed E-state index contributed by atoms with van der Waals surface area (Å²) in [5, 5.41) is 2.84. The first-order valence-electron chi connectivity index (χ1n) is 10.6. The SMILES string of the molecule is [B][C@@H](C(=O)NCCCCCC(=O)N1c2ccccc2CC1C)[C@@H]([B])c1cccnc1. The lowest BCUT2D eigenvalue weighted by Crippen LogP contribution is -2.35. The van der Waals surface area contributed by atoms with E-state index in [0.29, 0.717) is 13.0 Å². The highest BCUT2D eigenvalue weighted by molar-refractivity contribution is 6.30. The number of fused-ring (bicyclic) bond motifs is 1. The molecule has 1 aliphatic rings. The Kier molecular flexibility index (Phi) is 7.72. The molecule has 1 aromatic carbocycles. The van der Waals surface area contributed by atoms with Gasteiger partial charge in [-0.25, -0.2) is 0 Å². The standard InChI is InChI=1S/C23H27B2N3O2/c1-16-14-17-8-4-5-10-19(17)28(16)20(29)11-3-2-6-13-27-23(30)22(25)21(24)18-9-7-12-26-15-18/h4-5,7-10,12,15-16,21-22H,2-3,6,11,13-14H2,1H3,(H,27,30)/t16?,21-,22+/m0/s1. The van der Waals surface area contributed by atoms with Crippen LogP contribution >= 0.6 is 0 Å². The fourth-order valence-electron chi connectivity index (χ4n) is 3.92. The number of pyridine rings is 1. The first kappa shape index (κ1) is 22.1. The summed E-state index contributed by atoms with van der Waals surface area (Å²) in [7, 11) is 12.0. The number of nitrogens with zero attached hydrogens (tertiary/aromatic N) is 2. The smallest absolute Gasteiger partial charge is 0.227 e. The molecule has 4 radical (unpaired) electrons. The number of nitrogens with one attached hydrogen (secondary N) is 1. The van der Waals surface area contributed by atoms with Gasteiger partial charge in [-0.15, -0.1) is 0 Å². The van der Waals surface area contributed by atoms with Crippen LogP contribution in [-0.4, -0.2) is 45.1 Å². The normalized spacial score (nSPS) is 17.2. The van der Waals surface area contributed by atoms with Crippen LogP contribution in [0.25, 0.3) is 0 Å². The number of carbonyl (C=O) groups excluding carboxylic acids is 2. The molecule has 0 fully saturated rings. The summed E-state index contributed by atoms with van der Waals surface area (Å²) in [6, 6.07) is 11.9. The van der Waals surface area contributed by atoms with Crippen LogP contribution in [0.3, 0.4) is 0 Å². The van der Waals surface area contributed by atoms with E-state index in [2.05, 4.69) is 23.3 Å².